The molecule has 150 valence electrons. The van der Waals surface area contributed by atoms with Gasteiger partial charge in [-0.15, -0.1) is 6.58 Å². The molecule has 1 N–H and O–H groups in total. The van der Waals surface area contributed by atoms with Crippen LogP contribution in [0.25, 0.3) is 0 Å². The van der Waals surface area contributed by atoms with Crippen LogP contribution in [0.4, 0.5) is 5.69 Å². The molecular formula is C22H28N2O3S. The molecule has 1 heterocycles. The maximum atomic E-state index is 13.6. The van der Waals surface area contributed by atoms with Crippen molar-refractivity contribution in [3.63, 3.8) is 0 Å². The quantitative estimate of drug-likeness (QED) is 0.728. The Morgan fingerprint density at radius 3 is 2.54 bits per heavy atom. The number of rotatable bonds is 6. The van der Waals surface area contributed by atoms with Gasteiger partial charge >= 0.3 is 0 Å². The molecule has 0 fully saturated rings. The molecule has 0 aliphatic carbocycles. The molecule has 3 rings (SSSR count). The number of hydrogen-bond donors (Lipinski definition) is 1. The SMILES string of the molecule is C=CCN1[C@@H](C)[C@H](c2ccccc2)Oc2cccc(NCC(C)C)c2S1(=O)=O. The van der Waals surface area contributed by atoms with E-state index < -0.39 is 22.2 Å². The number of benzene rings is 2. The number of nitrogens with zero attached hydrogens (tertiary/aromatic N) is 1. The second-order valence-corrected chi connectivity index (χ2v) is 9.29. The Kier molecular flexibility index (Phi) is 6.10. The van der Waals surface area contributed by atoms with Gasteiger partial charge in [0.2, 0.25) is 10.0 Å². The number of hydrogen-bond acceptors (Lipinski definition) is 4. The van der Waals surface area contributed by atoms with Crippen molar-refractivity contribution in [2.24, 2.45) is 5.92 Å². The first-order valence-electron chi connectivity index (χ1n) is 9.57. The highest BCUT2D eigenvalue weighted by molar-refractivity contribution is 7.89. The topological polar surface area (TPSA) is 58.6 Å². The van der Waals surface area contributed by atoms with Gasteiger partial charge in [0.1, 0.15) is 16.7 Å². The monoisotopic (exact) mass is 400 g/mol. The molecule has 1 aliphatic heterocycles. The Hall–Kier alpha value is -2.31. The Morgan fingerprint density at radius 2 is 1.89 bits per heavy atom. The predicted octanol–water partition coefficient (Wildman–Crippen LogP) is 4.45. The second-order valence-electron chi connectivity index (χ2n) is 7.46. The van der Waals surface area contributed by atoms with E-state index in [9.17, 15) is 8.42 Å². The minimum absolute atomic E-state index is 0.197. The molecule has 1 aliphatic rings. The van der Waals surface area contributed by atoms with E-state index in [2.05, 4.69) is 25.7 Å². The highest BCUT2D eigenvalue weighted by Gasteiger charge is 2.41. The molecule has 2 aromatic rings. The highest BCUT2D eigenvalue weighted by Crippen LogP contribution is 2.42. The predicted molar refractivity (Wildman–Crippen MR) is 113 cm³/mol. The van der Waals surface area contributed by atoms with Crippen molar-refractivity contribution in [1.82, 2.24) is 4.31 Å². The van der Waals surface area contributed by atoms with Crippen molar-refractivity contribution in [2.75, 3.05) is 18.4 Å². The summed E-state index contributed by atoms with van der Waals surface area (Å²) in [5.41, 5.74) is 1.51. The van der Waals surface area contributed by atoms with E-state index in [0.717, 1.165) is 5.56 Å². The zero-order chi connectivity index (χ0) is 20.3. The molecule has 2 atom stereocenters. The van der Waals surface area contributed by atoms with Crippen LogP contribution in [0, 0.1) is 5.92 Å². The van der Waals surface area contributed by atoms with Crippen LogP contribution in [-0.2, 0) is 10.0 Å². The zero-order valence-electron chi connectivity index (χ0n) is 16.6. The summed E-state index contributed by atoms with van der Waals surface area (Å²) in [5, 5.41) is 3.28. The third-order valence-electron chi connectivity index (χ3n) is 4.83. The van der Waals surface area contributed by atoms with Crippen LogP contribution >= 0.6 is 0 Å². The lowest BCUT2D eigenvalue weighted by molar-refractivity contribution is 0.131. The zero-order valence-corrected chi connectivity index (χ0v) is 17.4. The Morgan fingerprint density at radius 1 is 1.18 bits per heavy atom. The standard InChI is InChI=1S/C22H28N2O3S/c1-5-14-24-17(4)21(18-10-7-6-8-11-18)27-20-13-9-12-19(23-15-16(2)3)22(20)28(24,25)26/h5-13,16-17,21,23H,1,14-15H2,2-4H3/t17-,21+/m0/s1. The van der Waals surface area contributed by atoms with Gasteiger partial charge in [0.15, 0.2) is 0 Å². The van der Waals surface area contributed by atoms with Gasteiger partial charge in [0.25, 0.3) is 0 Å². The van der Waals surface area contributed by atoms with Crippen LogP contribution in [0.3, 0.4) is 0 Å². The summed E-state index contributed by atoms with van der Waals surface area (Å²) in [4.78, 5) is 0.197. The van der Waals surface area contributed by atoms with Gasteiger partial charge in [-0.2, -0.15) is 4.31 Å². The molecule has 5 nitrogen and oxygen atoms in total. The molecule has 0 spiro atoms. The summed E-state index contributed by atoms with van der Waals surface area (Å²) in [6.07, 6.45) is 1.20. The Labute approximate surface area is 168 Å². The highest BCUT2D eigenvalue weighted by atomic mass is 32.2. The smallest absolute Gasteiger partial charge is 0.249 e. The largest absolute Gasteiger partial charge is 0.483 e. The number of fused-ring (bicyclic) bond motifs is 1. The second kappa shape index (κ2) is 8.37. The summed E-state index contributed by atoms with van der Waals surface area (Å²) in [6, 6.07) is 14.7. The minimum Gasteiger partial charge on any atom is -0.483 e. The van der Waals surface area contributed by atoms with E-state index in [-0.39, 0.29) is 11.4 Å². The first-order chi connectivity index (χ1) is 13.4. The van der Waals surface area contributed by atoms with Gasteiger partial charge in [0.05, 0.1) is 11.7 Å². The lowest BCUT2D eigenvalue weighted by Crippen LogP contribution is -2.41. The van der Waals surface area contributed by atoms with E-state index in [1.807, 2.05) is 43.3 Å². The molecule has 0 amide bonds. The van der Waals surface area contributed by atoms with Crippen LogP contribution < -0.4 is 10.1 Å². The van der Waals surface area contributed by atoms with E-state index >= 15 is 0 Å². The molecule has 0 saturated heterocycles. The normalized spacial score (nSPS) is 21.4. The third kappa shape index (κ3) is 3.93. The molecule has 6 heteroatoms. The van der Waals surface area contributed by atoms with E-state index in [1.54, 1.807) is 18.2 Å². The first kappa shape index (κ1) is 20.4. The summed E-state index contributed by atoms with van der Waals surface area (Å²) >= 11 is 0. The van der Waals surface area contributed by atoms with E-state index in [0.29, 0.717) is 23.9 Å². The fourth-order valence-electron chi connectivity index (χ4n) is 3.43. The van der Waals surface area contributed by atoms with Gasteiger partial charge < -0.3 is 10.1 Å². The molecule has 0 bridgehead atoms. The molecule has 2 aromatic carbocycles. The summed E-state index contributed by atoms with van der Waals surface area (Å²) in [6.45, 7) is 10.7. The van der Waals surface area contributed by atoms with Gasteiger partial charge in [-0.25, -0.2) is 8.42 Å². The maximum Gasteiger partial charge on any atom is 0.249 e. The molecule has 0 unspecified atom stereocenters. The number of ether oxygens (including phenoxy) is 1. The average molecular weight is 401 g/mol. The van der Waals surface area contributed by atoms with Crippen LogP contribution in [-0.4, -0.2) is 31.9 Å². The first-order valence-corrected chi connectivity index (χ1v) is 11.0. The number of nitrogens with one attached hydrogen (secondary N) is 1. The average Bonchev–Trinajstić information content (AvgIpc) is 2.76. The van der Waals surface area contributed by atoms with E-state index in [4.69, 9.17) is 4.74 Å². The van der Waals surface area contributed by atoms with Crippen LogP contribution in [0.5, 0.6) is 5.75 Å². The Balaban J connectivity index is 2.16. The van der Waals surface area contributed by atoms with Gasteiger partial charge in [-0.1, -0.05) is 56.3 Å². The fraction of sp³-hybridized carbons (Fsp3) is 0.364. The number of anilines is 1. The Bertz CT molecular complexity index is 926. The lowest BCUT2D eigenvalue weighted by Gasteiger charge is -2.30. The summed E-state index contributed by atoms with van der Waals surface area (Å²) in [5.74, 6) is 0.756. The molecule has 0 aromatic heterocycles. The molecular weight excluding hydrogens is 372 g/mol. The van der Waals surface area contributed by atoms with Gasteiger partial charge in [0, 0.05) is 13.1 Å². The van der Waals surface area contributed by atoms with Crippen molar-refractivity contribution < 1.29 is 13.2 Å². The van der Waals surface area contributed by atoms with Crippen LogP contribution in [0.2, 0.25) is 0 Å². The van der Waals surface area contributed by atoms with Crippen molar-refractivity contribution in [1.29, 1.82) is 0 Å². The van der Waals surface area contributed by atoms with Gasteiger partial charge in [-0.3, -0.25) is 0 Å². The van der Waals surface area contributed by atoms with Crippen molar-refractivity contribution in [2.45, 2.75) is 37.8 Å². The minimum atomic E-state index is -3.78. The van der Waals surface area contributed by atoms with Crippen molar-refractivity contribution in [3.8, 4) is 5.75 Å². The van der Waals surface area contributed by atoms with Gasteiger partial charge in [-0.05, 0) is 30.5 Å². The maximum absolute atomic E-state index is 13.6. The fourth-order valence-corrected chi connectivity index (χ4v) is 5.30. The van der Waals surface area contributed by atoms with Crippen molar-refractivity contribution in [3.05, 3.63) is 66.7 Å². The van der Waals surface area contributed by atoms with Crippen molar-refractivity contribution >= 4 is 15.7 Å². The van der Waals surface area contributed by atoms with Crippen LogP contribution in [0.15, 0.2) is 66.1 Å². The number of sulfonamides is 1. The lowest BCUT2D eigenvalue weighted by atomic mass is 10.0. The summed E-state index contributed by atoms with van der Waals surface area (Å²) in [7, 11) is -3.78. The molecule has 28 heavy (non-hydrogen) atoms. The molecule has 0 saturated carbocycles. The molecule has 0 radical (unpaired) electrons. The summed E-state index contributed by atoms with van der Waals surface area (Å²) < 4.78 is 35.0. The van der Waals surface area contributed by atoms with E-state index in [1.165, 1.54) is 4.31 Å². The van der Waals surface area contributed by atoms with Crippen LogP contribution in [0.1, 0.15) is 32.4 Å². The third-order valence-corrected chi connectivity index (χ3v) is 6.87.